The van der Waals surface area contributed by atoms with Crippen LogP contribution in [-0.2, 0) is 0 Å². The monoisotopic (exact) mass is 153 g/mol. The number of nitrogens with one attached hydrogen (secondary N) is 1. The first-order chi connectivity index (χ1) is 4.80. The molecule has 1 heterocycles. The number of rotatable bonds is 0. The Hall–Kier alpha value is -0.0400. The van der Waals surface area contributed by atoms with E-state index in [4.69, 9.17) is 0 Å². The molecule has 0 amide bonds. The first-order valence-electron chi connectivity index (χ1n) is 4.59. The molecule has 0 bridgehead atoms. The molecule has 0 aromatic heterocycles. The lowest BCUT2D eigenvalue weighted by atomic mass is 9.87. The van der Waals surface area contributed by atoms with Crippen molar-refractivity contribution >= 4 is 0 Å². The topological polar surface area (TPSA) is 21.9 Å². The Morgan fingerprint density at radius 3 is 1.82 bits per heavy atom. The molecule has 1 spiro atoms. The van der Waals surface area contributed by atoms with Gasteiger partial charge in [0.15, 0.2) is 0 Å². The molecule has 0 radical (unpaired) electrons. The summed E-state index contributed by atoms with van der Waals surface area (Å²) < 4.78 is 0. The average molecular weight is 153 g/mol. The van der Waals surface area contributed by atoms with Crippen LogP contribution in [-0.4, -0.2) is 11.1 Å². The Labute approximate surface area is 69.6 Å². The third-order valence-electron chi connectivity index (χ3n) is 3.59. The molecule has 1 N–H and O–H groups in total. The molecule has 2 fully saturated rings. The van der Waals surface area contributed by atoms with Crippen LogP contribution in [0, 0.1) is 11.3 Å². The Bertz CT molecular complexity index is 199. The summed E-state index contributed by atoms with van der Waals surface area (Å²) in [5.41, 5.74) is 1.48. The van der Waals surface area contributed by atoms with Gasteiger partial charge in [0.25, 0.3) is 0 Å². The third-order valence-corrected chi connectivity index (χ3v) is 3.59. The molecule has 2 unspecified atom stereocenters. The van der Waals surface area contributed by atoms with Crippen LogP contribution in [0.3, 0.4) is 0 Å². The van der Waals surface area contributed by atoms with E-state index in [-0.39, 0.29) is 0 Å². The van der Waals surface area contributed by atoms with E-state index in [1.807, 2.05) is 0 Å². The van der Waals surface area contributed by atoms with Crippen molar-refractivity contribution in [2.24, 2.45) is 11.3 Å². The van der Waals surface area contributed by atoms with Crippen LogP contribution in [0.2, 0.25) is 0 Å². The van der Waals surface area contributed by atoms with Crippen LogP contribution >= 0.6 is 0 Å². The molecule has 0 aromatic rings. The van der Waals surface area contributed by atoms with E-state index in [0.717, 1.165) is 5.92 Å². The fourth-order valence-corrected chi connectivity index (χ4v) is 2.66. The van der Waals surface area contributed by atoms with Crippen LogP contribution in [0.1, 0.15) is 41.0 Å². The minimum atomic E-state index is 0.435. The first-order valence-corrected chi connectivity index (χ1v) is 4.59. The molecule has 1 heteroatoms. The van der Waals surface area contributed by atoms with Gasteiger partial charge in [0.05, 0.1) is 0 Å². The molecule has 64 valence electrons. The highest BCUT2D eigenvalue weighted by atomic mass is 15.3. The molecule has 1 aliphatic carbocycles. The molecule has 1 aliphatic heterocycles. The number of hydrogen-bond acceptors (Lipinski definition) is 1. The van der Waals surface area contributed by atoms with Crippen LogP contribution < -0.4 is 5.32 Å². The van der Waals surface area contributed by atoms with Crippen LogP contribution in [0.15, 0.2) is 0 Å². The summed E-state index contributed by atoms with van der Waals surface area (Å²) in [7, 11) is 0. The van der Waals surface area contributed by atoms with Gasteiger partial charge in [-0.1, -0.05) is 20.8 Å². The van der Waals surface area contributed by atoms with Crippen molar-refractivity contribution in [2.75, 3.05) is 0 Å². The predicted octanol–water partition coefficient (Wildman–Crippen LogP) is 2.17. The highest BCUT2D eigenvalue weighted by molar-refractivity contribution is 5.36. The van der Waals surface area contributed by atoms with Gasteiger partial charge in [0, 0.05) is 11.1 Å². The summed E-state index contributed by atoms with van der Waals surface area (Å²) in [6.07, 6.45) is 1.39. The van der Waals surface area contributed by atoms with E-state index in [1.165, 1.54) is 6.42 Å². The lowest BCUT2D eigenvalue weighted by molar-refractivity contribution is 0.334. The van der Waals surface area contributed by atoms with Crippen molar-refractivity contribution in [3.05, 3.63) is 0 Å². The quantitative estimate of drug-likeness (QED) is 0.529. The fourth-order valence-electron chi connectivity index (χ4n) is 2.66. The molecule has 11 heavy (non-hydrogen) atoms. The van der Waals surface area contributed by atoms with Gasteiger partial charge in [0.1, 0.15) is 0 Å². The zero-order valence-electron chi connectivity index (χ0n) is 8.28. The largest absolute Gasteiger partial charge is 0.302 e. The molecular formula is C10H19N. The molecule has 2 rings (SSSR count). The molecule has 1 nitrogen and oxygen atoms in total. The maximum Gasteiger partial charge on any atom is 0.0401 e. The van der Waals surface area contributed by atoms with Crippen molar-refractivity contribution < 1.29 is 0 Å². The minimum Gasteiger partial charge on any atom is -0.302 e. The molecule has 2 aliphatic rings. The predicted molar refractivity (Wildman–Crippen MR) is 47.5 cm³/mol. The van der Waals surface area contributed by atoms with Crippen molar-refractivity contribution in [3.63, 3.8) is 0 Å². The van der Waals surface area contributed by atoms with Gasteiger partial charge in [-0.05, 0) is 31.6 Å². The van der Waals surface area contributed by atoms with E-state index in [2.05, 4.69) is 39.9 Å². The smallest absolute Gasteiger partial charge is 0.0401 e. The average Bonchev–Trinajstić information content (AvgIpc) is 2.48. The number of hydrogen-bond donors (Lipinski definition) is 1. The molecule has 1 saturated heterocycles. The normalized spacial score (nSPS) is 46.1. The van der Waals surface area contributed by atoms with Crippen molar-refractivity contribution in [3.8, 4) is 0 Å². The summed E-state index contributed by atoms with van der Waals surface area (Å²) >= 11 is 0. The third kappa shape index (κ3) is 0.807. The van der Waals surface area contributed by atoms with Gasteiger partial charge in [-0.25, -0.2) is 0 Å². The SMILES string of the molecule is CC(C)(C)C1CC12NC2(C)C. The highest BCUT2D eigenvalue weighted by Crippen LogP contribution is 2.67. The van der Waals surface area contributed by atoms with E-state index in [0.29, 0.717) is 16.5 Å². The second-order valence-electron chi connectivity index (χ2n) is 5.84. The van der Waals surface area contributed by atoms with Crippen molar-refractivity contribution in [1.82, 2.24) is 5.32 Å². The van der Waals surface area contributed by atoms with Gasteiger partial charge < -0.3 is 5.32 Å². The zero-order valence-corrected chi connectivity index (χ0v) is 8.28. The first kappa shape index (κ1) is 7.60. The fraction of sp³-hybridized carbons (Fsp3) is 1.00. The summed E-state index contributed by atoms with van der Waals surface area (Å²) in [5.74, 6) is 0.907. The molecular weight excluding hydrogens is 134 g/mol. The molecule has 2 atom stereocenters. The summed E-state index contributed by atoms with van der Waals surface area (Å²) in [5, 5.41) is 3.61. The van der Waals surface area contributed by atoms with Gasteiger partial charge in [-0.2, -0.15) is 0 Å². The van der Waals surface area contributed by atoms with Gasteiger partial charge >= 0.3 is 0 Å². The zero-order chi connectivity index (χ0) is 8.49. The summed E-state index contributed by atoms with van der Waals surface area (Å²) in [6, 6.07) is 0. The van der Waals surface area contributed by atoms with Gasteiger partial charge in [0.2, 0.25) is 0 Å². The maximum atomic E-state index is 3.61. The van der Waals surface area contributed by atoms with E-state index >= 15 is 0 Å². The Morgan fingerprint density at radius 2 is 1.73 bits per heavy atom. The minimum absolute atomic E-state index is 0.435. The summed E-state index contributed by atoms with van der Waals surface area (Å²) in [4.78, 5) is 0. The van der Waals surface area contributed by atoms with E-state index < -0.39 is 0 Å². The standard InChI is InChI=1S/C10H19N/c1-8(2,3)7-6-10(7)9(4,5)11-10/h7,11H,6H2,1-5H3. The van der Waals surface area contributed by atoms with Crippen molar-refractivity contribution in [1.29, 1.82) is 0 Å². The molecule has 0 aromatic carbocycles. The van der Waals surface area contributed by atoms with E-state index in [9.17, 15) is 0 Å². The highest BCUT2D eigenvalue weighted by Gasteiger charge is 2.77. The lowest BCUT2D eigenvalue weighted by Gasteiger charge is -2.17. The lowest BCUT2D eigenvalue weighted by Crippen LogP contribution is -2.16. The Balaban J connectivity index is 2.08. The Morgan fingerprint density at radius 1 is 1.27 bits per heavy atom. The van der Waals surface area contributed by atoms with Gasteiger partial charge in [-0.15, -0.1) is 0 Å². The second kappa shape index (κ2) is 1.52. The van der Waals surface area contributed by atoms with Crippen LogP contribution in [0.4, 0.5) is 0 Å². The van der Waals surface area contributed by atoms with E-state index in [1.54, 1.807) is 0 Å². The summed E-state index contributed by atoms with van der Waals surface area (Å²) in [6.45, 7) is 11.7. The second-order valence-corrected chi connectivity index (χ2v) is 5.84. The molecule has 1 saturated carbocycles. The van der Waals surface area contributed by atoms with Crippen LogP contribution in [0.25, 0.3) is 0 Å². The van der Waals surface area contributed by atoms with Crippen LogP contribution in [0.5, 0.6) is 0 Å². The maximum absolute atomic E-state index is 3.61. The van der Waals surface area contributed by atoms with Crippen molar-refractivity contribution in [2.45, 2.75) is 52.1 Å². The van der Waals surface area contributed by atoms with Gasteiger partial charge in [-0.3, -0.25) is 0 Å². The Kier molecular flexibility index (Phi) is 1.05.